The number of nitrogens with zero attached hydrogens (tertiary/aromatic N) is 3. The zero-order valence-corrected chi connectivity index (χ0v) is 19.8. The van der Waals surface area contributed by atoms with Gasteiger partial charge >= 0.3 is 0 Å². The number of hydrogen-bond donors (Lipinski definition) is 1. The number of hydrogen-bond acceptors (Lipinski definition) is 4. The van der Waals surface area contributed by atoms with Crippen molar-refractivity contribution in [3.8, 4) is 5.69 Å². The van der Waals surface area contributed by atoms with Gasteiger partial charge in [0.15, 0.2) is 5.16 Å². The molecule has 1 heterocycles. The number of carbonyl (C=O) groups is 1. The highest BCUT2D eigenvalue weighted by Gasteiger charge is 2.16. The third-order valence-electron chi connectivity index (χ3n) is 5.55. The Morgan fingerprint density at radius 2 is 1.58 bits per heavy atom. The molecule has 168 valence electrons. The first-order valence-corrected chi connectivity index (χ1v) is 12.1. The number of amides is 1. The fourth-order valence-corrected chi connectivity index (χ4v) is 4.76. The Kier molecular flexibility index (Phi) is 7.58. The fourth-order valence-electron chi connectivity index (χ4n) is 3.93. The van der Waals surface area contributed by atoms with Crippen LogP contribution >= 0.6 is 11.8 Å². The van der Waals surface area contributed by atoms with E-state index in [0.717, 1.165) is 23.1 Å². The van der Waals surface area contributed by atoms with Crippen molar-refractivity contribution in [3.63, 3.8) is 0 Å². The molecule has 0 aliphatic carbocycles. The standard InChI is InChI=1S/C27H28N4OS/c1-20-10-9-15-24(18-20)31-21(2)29-30-27(31)33-19-26(32)28-17-16-25(22-11-5-3-6-12-22)23-13-7-4-8-14-23/h3-15,18,25H,16-17,19H2,1-2H3,(H,28,32). The van der Waals surface area contributed by atoms with Crippen molar-refractivity contribution in [1.29, 1.82) is 0 Å². The summed E-state index contributed by atoms with van der Waals surface area (Å²) in [4.78, 5) is 12.6. The lowest BCUT2D eigenvalue weighted by Crippen LogP contribution is -2.27. The number of aryl methyl sites for hydroxylation is 2. The van der Waals surface area contributed by atoms with Gasteiger partial charge in [-0.25, -0.2) is 0 Å². The van der Waals surface area contributed by atoms with Crippen LogP contribution in [0, 0.1) is 13.8 Å². The molecule has 0 unspecified atom stereocenters. The molecule has 0 atom stereocenters. The smallest absolute Gasteiger partial charge is 0.230 e. The van der Waals surface area contributed by atoms with E-state index in [0.29, 0.717) is 12.3 Å². The number of thioether (sulfide) groups is 1. The molecular formula is C27H28N4OS. The molecule has 1 N–H and O–H groups in total. The van der Waals surface area contributed by atoms with Crippen molar-refractivity contribution >= 4 is 17.7 Å². The van der Waals surface area contributed by atoms with Gasteiger partial charge in [-0.15, -0.1) is 10.2 Å². The van der Waals surface area contributed by atoms with Crippen LogP contribution < -0.4 is 5.32 Å². The SMILES string of the molecule is Cc1cccc(-n2c(C)nnc2SCC(=O)NCCC(c2ccccc2)c2ccccc2)c1. The third kappa shape index (κ3) is 5.90. The Morgan fingerprint density at radius 1 is 0.909 bits per heavy atom. The van der Waals surface area contributed by atoms with Crippen LogP contribution in [-0.4, -0.2) is 33.0 Å². The molecule has 0 fully saturated rings. The van der Waals surface area contributed by atoms with E-state index in [9.17, 15) is 4.79 Å². The summed E-state index contributed by atoms with van der Waals surface area (Å²) in [7, 11) is 0. The van der Waals surface area contributed by atoms with Crippen LogP contribution in [-0.2, 0) is 4.79 Å². The van der Waals surface area contributed by atoms with E-state index in [1.54, 1.807) is 0 Å². The topological polar surface area (TPSA) is 59.8 Å². The zero-order valence-electron chi connectivity index (χ0n) is 18.9. The van der Waals surface area contributed by atoms with Crippen LogP contribution in [0.3, 0.4) is 0 Å². The summed E-state index contributed by atoms with van der Waals surface area (Å²) in [6.07, 6.45) is 0.836. The molecule has 6 heteroatoms. The van der Waals surface area contributed by atoms with Crippen molar-refractivity contribution in [2.75, 3.05) is 12.3 Å². The van der Waals surface area contributed by atoms with Gasteiger partial charge in [-0.05, 0) is 49.1 Å². The molecule has 33 heavy (non-hydrogen) atoms. The number of rotatable bonds is 9. The number of nitrogens with one attached hydrogen (secondary N) is 1. The predicted octanol–water partition coefficient (Wildman–Crippen LogP) is 5.31. The minimum atomic E-state index is -0.00341. The Morgan fingerprint density at radius 3 is 2.21 bits per heavy atom. The van der Waals surface area contributed by atoms with Gasteiger partial charge in [0.05, 0.1) is 5.75 Å². The van der Waals surface area contributed by atoms with Gasteiger partial charge in [0, 0.05) is 18.2 Å². The van der Waals surface area contributed by atoms with E-state index in [1.807, 2.05) is 35.8 Å². The van der Waals surface area contributed by atoms with Crippen LogP contribution in [0.1, 0.15) is 34.9 Å². The first-order valence-electron chi connectivity index (χ1n) is 11.1. The lowest BCUT2D eigenvalue weighted by Gasteiger charge is -2.18. The number of aromatic nitrogens is 3. The summed E-state index contributed by atoms with van der Waals surface area (Å²) in [5, 5.41) is 12.3. The first kappa shape index (κ1) is 22.8. The highest BCUT2D eigenvalue weighted by Crippen LogP contribution is 2.27. The lowest BCUT2D eigenvalue weighted by atomic mass is 9.88. The van der Waals surface area contributed by atoms with Gasteiger partial charge in [-0.3, -0.25) is 9.36 Å². The van der Waals surface area contributed by atoms with Crippen LogP contribution in [0.4, 0.5) is 0 Å². The average molecular weight is 457 g/mol. The Hall–Kier alpha value is -3.38. The Balaban J connectivity index is 1.35. The molecule has 0 aliphatic heterocycles. The summed E-state index contributed by atoms with van der Waals surface area (Å²) in [6, 6.07) is 29.1. The van der Waals surface area contributed by atoms with Crippen molar-refractivity contribution in [2.45, 2.75) is 31.3 Å². The molecule has 0 saturated carbocycles. The lowest BCUT2D eigenvalue weighted by molar-refractivity contribution is -0.118. The minimum absolute atomic E-state index is 0.00341. The van der Waals surface area contributed by atoms with Gasteiger partial charge < -0.3 is 5.32 Å². The molecule has 0 aliphatic rings. The van der Waals surface area contributed by atoms with Crippen LogP contribution in [0.2, 0.25) is 0 Å². The van der Waals surface area contributed by atoms with E-state index < -0.39 is 0 Å². The molecule has 0 bridgehead atoms. The quantitative estimate of drug-likeness (QED) is 0.347. The van der Waals surface area contributed by atoms with Crippen molar-refractivity contribution in [3.05, 3.63) is 107 Å². The van der Waals surface area contributed by atoms with Crippen LogP contribution in [0.15, 0.2) is 90.1 Å². The number of carbonyl (C=O) groups excluding carboxylic acids is 1. The zero-order chi connectivity index (χ0) is 23.0. The van der Waals surface area contributed by atoms with E-state index in [1.165, 1.54) is 28.5 Å². The van der Waals surface area contributed by atoms with Gasteiger partial charge in [0.25, 0.3) is 0 Å². The summed E-state index contributed by atoms with van der Waals surface area (Å²) in [5.41, 5.74) is 4.69. The Labute approximate surface area is 199 Å². The summed E-state index contributed by atoms with van der Waals surface area (Å²) in [5.74, 6) is 1.34. The second-order valence-electron chi connectivity index (χ2n) is 8.01. The van der Waals surface area contributed by atoms with Gasteiger partial charge in [-0.2, -0.15) is 0 Å². The van der Waals surface area contributed by atoms with Crippen LogP contribution in [0.25, 0.3) is 5.69 Å². The van der Waals surface area contributed by atoms with E-state index in [4.69, 9.17) is 0 Å². The molecule has 0 radical (unpaired) electrons. The molecule has 4 aromatic rings. The highest BCUT2D eigenvalue weighted by molar-refractivity contribution is 7.99. The summed E-state index contributed by atoms with van der Waals surface area (Å²) in [6.45, 7) is 4.59. The van der Waals surface area contributed by atoms with Gasteiger partial charge in [-0.1, -0.05) is 84.6 Å². The number of benzene rings is 3. The van der Waals surface area contributed by atoms with Gasteiger partial charge in [0.1, 0.15) is 5.82 Å². The second-order valence-corrected chi connectivity index (χ2v) is 8.95. The maximum Gasteiger partial charge on any atom is 0.230 e. The maximum atomic E-state index is 12.6. The normalized spacial score (nSPS) is 11.0. The van der Waals surface area contributed by atoms with E-state index in [-0.39, 0.29) is 11.8 Å². The predicted molar refractivity (Wildman–Crippen MR) is 134 cm³/mol. The maximum absolute atomic E-state index is 12.6. The largest absolute Gasteiger partial charge is 0.355 e. The molecule has 1 amide bonds. The molecule has 0 spiro atoms. The Bertz CT molecular complexity index is 1150. The third-order valence-corrected chi connectivity index (χ3v) is 6.48. The van der Waals surface area contributed by atoms with Crippen molar-refractivity contribution in [2.24, 2.45) is 0 Å². The molecule has 4 rings (SSSR count). The van der Waals surface area contributed by atoms with Crippen molar-refractivity contribution < 1.29 is 4.79 Å². The summed E-state index contributed by atoms with van der Waals surface area (Å²) >= 11 is 1.41. The highest BCUT2D eigenvalue weighted by atomic mass is 32.2. The average Bonchev–Trinajstić information content (AvgIpc) is 3.22. The molecule has 3 aromatic carbocycles. The van der Waals surface area contributed by atoms with Gasteiger partial charge in [0.2, 0.25) is 5.91 Å². The molecular weight excluding hydrogens is 428 g/mol. The van der Waals surface area contributed by atoms with E-state index >= 15 is 0 Å². The molecule has 5 nitrogen and oxygen atoms in total. The molecule has 1 aromatic heterocycles. The van der Waals surface area contributed by atoms with Crippen LogP contribution in [0.5, 0.6) is 0 Å². The summed E-state index contributed by atoms with van der Waals surface area (Å²) < 4.78 is 1.99. The second kappa shape index (κ2) is 11.0. The van der Waals surface area contributed by atoms with E-state index in [2.05, 4.69) is 83.1 Å². The minimum Gasteiger partial charge on any atom is -0.355 e. The fraction of sp³-hybridized carbons (Fsp3) is 0.222. The monoisotopic (exact) mass is 456 g/mol. The molecule has 0 saturated heterocycles. The first-order chi connectivity index (χ1) is 16.1. The van der Waals surface area contributed by atoms with Crippen molar-refractivity contribution in [1.82, 2.24) is 20.1 Å².